The van der Waals surface area contributed by atoms with Crippen LogP contribution in [0.4, 0.5) is 0 Å². The Morgan fingerprint density at radius 3 is 3.00 bits per heavy atom. The first-order valence-electron chi connectivity index (χ1n) is 4.27. The zero-order chi connectivity index (χ0) is 9.84. The Labute approximate surface area is 76.8 Å². The molecule has 0 unspecified atom stereocenters. The third-order valence-corrected chi connectivity index (χ3v) is 2.19. The fourth-order valence-electron chi connectivity index (χ4n) is 1.60. The molecular weight excluding hydrogens is 170 g/mol. The average Bonchev–Trinajstić information content (AvgIpc) is 2.35. The zero-order valence-corrected chi connectivity index (χ0v) is 7.40. The summed E-state index contributed by atoms with van der Waals surface area (Å²) in [5, 5.41) is 8.58. The number of hydrogen-bond acceptors (Lipinski definition) is 2. The number of nitrogens with zero attached hydrogens (tertiary/aromatic N) is 1. The summed E-state index contributed by atoms with van der Waals surface area (Å²) in [6.45, 7) is 3.99. The van der Waals surface area contributed by atoms with Crippen LogP contribution in [0.3, 0.4) is 0 Å². The van der Waals surface area contributed by atoms with Crippen molar-refractivity contribution in [3.8, 4) is 0 Å². The first kappa shape index (κ1) is 9.77. The average molecular weight is 183 g/mol. The molecule has 0 radical (unpaired) electrons. The van der Waals surface area contributed by atoms with Crippen LogP contribution in [0.15, 0.2) is 12.7 Å². The van der Waals surface area contributed by atoms with E-state index >= 15 is 0 Å². The summed E-state index contributed by atoms with van der Waals surface area (Å²) in [4.78, 5) is 23.3. The molecule has 1 rings (SSSR count). The number of rotatable bonds is 4. The Balaban J connectivity index is 2.58. The van der Waals surface area contributed by atoms with Crippen molar-refractivity contribution in [3.05, 3.63) is 12.7 Å². The van der Waals surface area contributed by atoms with Gasteiger partial charge in [-0.05, 0) is 6.42 Å². The Morgan fingerprint density at radius 1 is 1.77 bits per heavy atom. The third kappa shape index (κ3) is 2.31. The van der Waals surface area contributed by atoms with Crippen molar-refractivity contribution < 1.29 is 14.7 Å². The maximum atomic E-state index is 11.2. The van der Waals surface area contributed by atoms with Crippen molar-refractivity contribution in [3.63, 3.8) is 0 Å². The lowest BCUT2D eigenvalue weighted by molar-refractivity contribution is -0.138. The lowest BCUT2D eigenvalue weighted by Gasteiger charge is -2.21. The highest BCUT2D eigenvalue weighted by Gasteiger charge is 2.31. The van der Waals surface area contributed by atoms with Crippen LogP contribution < -0.4 is 0 Å². The zero-order valence-electron chi connectivity index (χ0n) is 7.40. The highest BCUT2D eigenvalue weighted by Crippen LogP contribution is 2.20. The van der Waals surface area contributed by atoms with Gasteiger partial charge in [0.15, 0.2) is 0 Å². The number of hydrogen-bond donors (Lipinski definition) is 1. The molecule has 4 heteroatoms. The van der Waals surface area contributed by atoms with Crippen LogP contribution in [0.2, 0.25) is 0 Å². The molecule has 0 aliphatic carbocycles. The van der Waals surface area contributed by atoms with Crippen molar-refractivity contribution in [1.82, 2.24) is 4.90 Å². The van der Waals surface area contributed by atoms with Gasteiger partial charge in [-0.15, -0.1) is 6.58 Å². The van der Waals surface area contributed by atoms with Gasteiger partial charge in [0, 0.05) is 19.0 Å². The molecule has 0 aromatic heterocycles. The molecular formula is C9H13NO3. The maximum Gasteiger partial charge on any atom is 0.305 e. The van der Waals surface area contributed by atoms with Gasteiger partial charge in [-0.1, -0.05) is 6.08 Å². The van der Waals surface area contributed by atoms with E-state index in [4.69, 9.17) is 5.11 Å². The summed E-state index contributed by atoms with van der Waals surface area (Å²) in [5.74, 6) is -0.820. The fourth-order valence-corrected chi connectivity index (χ4v) is 1.60. The molecule has 13 heavy (non-hydrogen) atoms. The molecule has 1 heterocycles. The normalized spacial score (nSPS) is 22.0. The molecule has 4 nitrogen and oxygen atoms in total. The summed E-state index contributed by atoms with van der Waals surface area (Å²) < 4.78 is 0. The summed E-state index contributed by atoms with van der Waals surface area (Å²) in [7, 11) is 0. The van der Waals surface area contributed by atoms with Gasteiger partial charge in [0.2, 0.25) is 5.91 Å². The molecule has 1 aliphatic heterocycles. The van der Waals surface area contributed by atoms with Gasteiger partial charge in [-0.25, -0.2) is 0 Å². The number of amides is 1. The minimum absolute atomic E-state index is 0.0335. The van der Waals surface area contributed by atoms with Gasteiger partial charge in [-0.3, -0.25) is 9.59 Å². The van der Waals surface area contributed by atoms with Crippen molar-refractivity contribution in [2.24, 2.45) is 0 Å². The standard InChI is InChI=1S/C9H13NO3/c1-2-5-10-7(6-9(12)13)3-4-8(10)11/h2,7H,1,3-6H2,(H,12,13)/t7-/m0/s1. The molecule has 1 amide bonds. The molecule has 1 fully saturated rings. The van der Waals surface area contributed by atoms with Crippen LogP contribution >= 0.6 is 0 Å². The summed E-state index contributed by atoms with van der Waals surface area (Å²) in [6.07, 6.45) is 2.78. The number of aliphatic carboxylic acids is 1. The number of carboxylic acid groups (broad SMARTS) is 1. The summed E-state index contributed by atoms with van der Waals surface area (Å²) in [6, 6.07) is -0.136. The first-order valence-corrected chi connectivity index (χ1v) is 4.27. The SMILES string of the molecule is C=CCN1C(=O)CC[C@H]1CC(=O)O. The van der Waals surface area contributed by atoms with Crippen LogP contribution in [0.5, 0.6) is 0 Å². The summed E-state index contributed by atoms with van der Waals surface area (Å²) in [5.41, 5.74) is 0. The molecule has 0 saturated carbocycles. The molecule has 72 valence electrons. The third-order valence-electron chi connectivity index (χ3n) is 2.19. The summed E-state index contributed by atoms with van der Waals surface area (Å²) >= 11 is 0. The Bertz CT molecular complexity index is 237. The van der Waals surface area contributed by atoms with Crippen molar-refractivity contribution in [2.75, 3.05) is 6.54 Å². The van der Waals surface area contributed by atoms with E-state index in [1.54, 1.807) is 11.0 Å². The largest absolute Gasteiger partial charge is 0.481 e. The van der Waals surface area contributed by atoms with Gasteiger partial charge in [0.05, 0.1) is 6.42 Å². The van der Waals surface area contributed by atoms with Crippen molar-refractivity contribution in [2.45, 2.75) is 25.3 Å². The molecule has 0 spiro atoms. The van der Waals surface area contributed by atoms with Crippen molar-refractivity contribution >= 4 is 11.9 Å². The maximum absolute atomic E-state index is 11.2. The number of likely N-dealkylation sites (tertiary alicyclic amines) is 1. The lowest BCUT2D eigenvalue weighted by Crippen LogP contribution is -2.34. The predicted molar refractivity (Wildman–Crippen MR) is 47.2 cm³/mol. The topological polar surface area (TPSA) is 57.6 Å². The van der Waals surface area contributed by atoms with Gasteiger partial charge in [0.25, 0.3) is 0 Å². The van der Waals surface area contributed by atoms with Gasteiger partial charge in [0.1, 0.15) is 0 Å². The molecule has 0 aromatic rings. The molecule has 0 bridgehead atoms. The Morgan fingerprint density at radius 2 is 2.46 bits per heavy atom. The van der Waals surface area contributed by atoms with E-state index in [0.29, 0.717) is 19.4 Å². The van der Waals surface area contributed by atoms with E-state index in [1.807, 2.05) is 0 Å². The molecule has 0 aromatic carbocycles. The van der Waals surface area contributed by atoms with E-state index in [-0.39, 0.29) is 18.4 Å². The molecule has 1 saturated heterocycles. The highest BCUT2D eigenvalue weighted by atomic mass is 16.4. The minimum atomic E-state index is -0.853. The number of carbonyl (C=O) groups is 2. The monoisotopic (exact) mass is 183 g/mol. The van der Waals surface area contributed by atoms with Crippen LogP contribution in [0, 0.1) is 0 Å². The molecule has 1 aliphatic rings. The number of carbonyl (C=O) groups excluding carboxylic acids is 1. The lowest BCUT2D eigenvalue weighted by atomic mass is 10.1. The molecule has 1 N–H and O–H groups in total. The Hall–Kier alpha value is -1.32. The number of carboxylic acids is 1. The van der Waals surface area contributed by atoms with E-state index < -0.39 is 5.97 Å². The van der Waals surface area contributed by atoms with Crippen LogP contribution in [0.1, 0.15) is 19.3 Å². The van der Waals surface area contributed by atoms with Crippen LogP contribution in [-0.2, 0) is 9.59 Å². The second kappa shape index (κ2) is 4.07. The smallest absolute Gasteiger partial charge is 0.305 e. The van der Waals surface area contributed by atoms with E-state index in [9.17, 15) is 9.59 Å². The predicted octanol–water partition coefficient (Wildman–Crippen LogP) is 0.638. The van der Waals surface area contributed by atoms with E-state index in [2.05, 4.69) is 6.58 Å². The Kier molecular flexibility index (Phi) is 3.06. The molecule has 1 atom stereocenters. The first-order chi connectivity index (χ1) is 6.15. The van der Waals surface area contributed by atoms with Gasteiger partial charge < -0.3 is 10.0 Å². The quantitative estimate of drug-likeness (QED) is 0.650. The van der Waals surface area contributed by atoms with E-state index in [1.165, 1.54) is 0 Å². The fraction of sp³-hybridized carbons (Fsp3) is 0.556. The highest BCUT2D eigenvalue weighted by molar-refractivity contribution is 5.80. The second-order valence-electron chi connectivity index (χ2n) is 3.13. The van der Waals surface area contributed by atoms with Crippen LogP contribution in [0.25, 0.3) is 0 Å². The minimum Gasteiger partial charge on any atom is -0.481 e. The van der Waals surface area contributed by atoms with Gasteiger partial charge in [-0.2, -0.15) is 0 Å². The second-order valence-corrected chi connectivity index (χ2v) is 3.13. The van der Waals surface area contributed by atoms with E-state index in [0.717, 1.165) is 0 Å². The van der Waals surface area contributed by atoms with Crippen LogP contribution in [-0.4, -0.2) is 34.5 Å². The van der Waals surface area contributed by atoms with Crippen molar-refractivity contribution in [1.29, 1.82) is 0 Å². The van der Waals surface area contributed by atoms with Gasteiger partial charge >= 0.3 is 5.97 Å².